The van der Waals surface area contributed by atoms with Crippen molar-refractivity contribution in [3.63, 3.8) is 0 Å². The molecule has 0 aliphatic rings. The highest BCUT2D eigenvalue weighted by molar-refractivity contribution is 7.20. The number of nitrogens with one attached hydrogen (secondary N) is 1. The van der Waals surface area contributed by atoms with Gasteiger partial charge in [-0.1, -0.05) is 30.3 Å². The van der Waals surface area contributed by atoms with Gasteiger partial charge in [0.05, 0.1) is 23.1 Å². The second-order valence-corrected chi connectivity index (χ2v) is 8.75. The molecule has 12 heteroatoms. The Morgan fingerprint density at radius 2 is 1.61 bits per heavy atom. The zero-order chi connectivity index (χ0) is 26.1. The third kappa shape index (κ3) is 5.59. The van der Waals surface area contributed by atoms with Crippen LogP contribution in [0.2, 0.25) is 0 Å². The molecule has 0 spiro atoms. The van der Waals surface area contributed by atoms with Crippen LogP contribution < -0.4 is 5.32 Å². The van der Waals surface area contributed by atoms with Crippen molar-refractivity contribution in [3.05, 3.63) is 82.0 Å². The van der Waals surface area contributed by atoms with Crippen LogP contribution in [0.25, 0.3) is 10.2 Å². The van der Waals surface area contributed by atoms with Gasteiger partial charge in [0.25, 0.3) is 0 Å². The number of ether oxygens (including phenoxy) is 1. The molecule has 0 amide bonds. The summed E-state index contributed by atoms with van der Waals surface area (Å²) in [6, 6.07) is 10.5. The first-order valence-electron chi connectivity index (χ1n) is 10.4. The molecule has 0 saturated carbocycles. The number of aromatic nitrogens is 2. The fraction of sp³-hybridized carbons (Fsp3) is 0.208. The van der Waals surface area contributed by atoms with E-state index in [1.165, 1.54) is 0 Å². The molecule has 0 unspecified atom stereocenters. The van der Waals surface area contributed by atoms with Crippen molar-refractivity contribution >= 4 is 39.0 Å². The number of benzene rings is 2. The lowest BCUT2D eigenvalue weighted by Crippen LogP contribution is -2.11. The zero-order valence-corrected chi connectivity index (χ0v) is 19.3. The molecule has 0 bridgehead atoms. The van der Waals surface area contributed by atoms with Crippen LogP contribution in [-0.2, 0) is 23.5 Å². The molecular weight excluding hydrogens is 508 g/mol. The first-order valence-corrected chi connectivity index (χ1v) is 11.3. The molecule has 1 N–H and O–H groups in total. The molecule has 4 rings (SSSR count). The predicted molar refractivity (Wildman–Crippen MR) is 122 cm³/mol. The summed E-state index contributed by atoms with van der Waals surface area (Å²) >= 11 is 0.992. The Labute approximate surface area is 204 Å². The molecule has 36 heavy (non-hydrogen) atoms. The molecule has 2 aromatic carbocycles. The number of hydrogen-bond acceptors (Lipinski definition) is 6. The van der Waals surface area contributed by atoms with Crippen LogP contribution in [0.1, 0.15) is 31.9 Å². The lowest BCUT2D eigenvalue weighted by atomic mass is 10.1. The molecule has 2 heterocycles. The quantitative estimate of drug-likeness (QED) is 0.213. The molecule has 0 saturated heterocycles. The predicted octanol–water partition coefficient (Wildman–Crippen LogP) is 7.18. The van der Waals surface area contributed by atoms with Crippen molar-refractivity contribution in [2.45, 2.75) is 25.7 Å². The maximum absolute atomic E-state index is 13.2. The molecular formula is C24H17F6N3O2S. The fourth-order valence-corrected chi connectivity index (χ4v) is 4.54. The van der Waals surface area contributed by atoms with Crippen molar-refractivity contribution in [2.24, 2.45) is 0 Å². The average molecular weight is 525 g/mol. The number of nitrogens with zero attached hydrogens (tertiary/aromatic N) is 2. The lowest BCUT2D eigenvalue weighted by molar-refractivity contribution is -0.143. The smallest absolute Gasteiger partial charge is 0.416 e. The highest BCUT2D eigenvalue weighted by Crippen LogP contribution is 2.39. The van der Waals surface area contributed by atoms with Gasteiger partial charge in [-0.05, 0) is 36.2 Å². The highest BCUT2D eigenvalue weighted by Gasteiger charge is 2.37. The van der Waals surface area contributed by atoms with Crippen molar-refractivity contribution in [1.29, 1.82) is 0 Å². The van der Waals surface area contributed by atoms with Crippen molar-refractivity contribution < 1.29 is 35.9 Å². The van der Waals surface area contributed by atoms with Crippen LogP contribution in [0.4, 0.5) is 37.8 Å². The monoisotopic (exact) mass is 525 g/mol. The first-order chi connectivity index (χ1) is 16.9. The maximum atomic E-state index is 13.2. The summed E-state index contributed by atoms with van der Waals surface area (Å²) in [5.41, 5.74) is -2.01. The number of carbonyl (C=O) groups excluding carboxylic acids is 1. The molecule has 188 valence electrons. The van der Waals surface area contributed by atoms with Gasteiger partial charge in [0, 0.05) is 12.1 Å². The maximum Gasteiger partial charge on any atom is 0.416 e. The summed E-state index contributed by atoms with van der Waals surface area (Å²) in [6.07, 6.45) is -8.38. The molecule has 2 aromatic heterocycles. The van der Waals surface area contributed by atoms with Crippen LogP contribution in [0, 0.1) is 6.92 Å². The van der Waals surface area contributed by atoms with E-state index in [0.717, 1.165) is 23.2 Å². The van der Waals surface area contributed by atoms with E-state index in [0.29, 0.717) is 34.3 Å². The Morgan fingerprint density at radius 3 is 2.22 bits per heavy atom. The van der Waals surface area contributed by atoms with E-state index in [1.54, 1.807) is 6.92 Å². The van der Waals surface area contributed by atoms with Crippen LogP contribution in [0.5, 0.6) is 0 Å². The number of rotatable bonds is 6. The molecule has 0 aliphatic carbocycles. The molecule has 4 aromatic rings. The van der Waals surface area contributed by atoms with Crippen molar-refractivity contribution in [3.8, 4) is 0 Å². The molecule has 0 aliphatic heterocycles. The largest absolute Gasteiger partial charge is 0.461 e. The summed E-state index contributed by atoms with van der Waals surface area (Å²) in [4.78, 5) is 21.3. The van der Waals surface area contributed by atoms with Crippen LogP contribution in [0.15, 0.2) is 54.9 Å². The summed E-state index contributed by atoms with van der Waals surface area (Å²) in [5, 5.41) is 2.83. The Balaban J connectivity index is 1.63. The first kappa shape index (κ1) is 25.4. The van der Waals surface area contributed by atoms with Gasteiger partial charge in [-0.2, -0.15) is 26.3 Å². The molecule has 0 fully saturated rings. The van der Waals surface area contributed by atoms with Crippen molar-refractivity contribution in [2.75, 3.05) is 11.9 Å². The molecule has 5 nitrogen and oxygen atoms in total. The minimum Gasteiger partial charge on any atom is -0.461 e. The Bertz CT molecular complexity index is 1370. The van der Waals surface area contributed by atoms with Gasteiger partial charge in [0.1, 0.15) is 21.9 Å². The number of alkyl halides is 6. The Kier molecular flexibility index (Phi) is 6.90. The van der Waals surface area contributed by atoms with E-state index in [2.05, 4.69) is 15.3 Å². The van der Waals surface area contributed by atoms with Crippen molar-refractivity contribution in [1.82, 2.24) is 9.97 Å². The summed E-state index contributed by atoms with van der Waals surface area (Å²) in [7, 11) is 0. The van der Waals surface area contributed by atoms with Gasteiger partial charge in [0.2, 0.25) is 0 Å². The van der Waals surface area contributed by atoms with Crippen LogP contribution >= 0.6 is 11.3 Å². The van der Waals surface area contributed by atoms with E-state index in [-0.39, 0.29) is 23.4 Å². The van der Waals surface area contributed by atoms with Gasteiger partial charge in [-0.25, -0.2) is 14.8 Å². The van der Waals surface area contributed by atoms with Gasteiger partial charge in [-0.3, -0.25) is 0 Å². The Morgan fingerprint density at radius 1 is 0.972 bits per heavy atom. The van der Waals surface area contributed by atoms with E-state index in [4.69, 9.17) is 4.74 Å². The van der Waals surface area contributed by atoms with Gasteiger partial charge in [-0.15, -0.1) is 11.3 Å². The number of thiophene rings is 1. The third-order valence-electron chi connectivity index (χ3n) is 5.23. The average Bonchev–Trinajstić information content (AvgIpc) is 3.16. The minimum atomic E-state index is -4.99. The number of anilines is 2. The highest BCUT2D eigenvalue weighted by atomic mass is 32.1. The van der Waals surface area contributed by atoms with Crippen LogP contribution in [0.3, 0.4) is 0 Å². The number of fused-ring (bicyclic) bond motifs is 1. The summed E-state index contributed by atoms with van der Waals surface area (Å²) < 4.78 is 84.7. The summed E-state index contributed by atoms with van der Waals surface area (Å²) in [5.74, 6) is -0.652. The second kappa shape index (κ2) is 9.76. The van der Waals surface area contributed by atoms with Gasteiger partial charge >= 0.3 is 18.3 Å². The molecule has 0 atom stereocenters. The van der Waals surface area contributed by atoms with Gasteiger partial charge < -0.3 is 10.1 Å². The lowest BCUT2D eigenvalue weighted by Gasteiger charge is -2.15. The third-order valence-corrected chi connectivity index (χ3v) is 6.41. The number of aryl methyl sites for hydroxylation is 1. The Hall–Kier alpha value is -3.67. The normalized spacial score (nSPS) is 12.1. The number of hydrogen-bond donors (Lipinski definition) is 1. The SMILES string of the molecule is Cc1c(C(=O)OCCc2ccccc2)sc2ncnc(Nc3cc(C(F)(F)F)cc(C(F)(F)F)c3)c12. The standard InChI is InChI=1S/C24H17F6N3O2S/c1-13-18-20(33-17-10-15(23(25,26)27)9-16(11-17)24(28,29)30)31-12-32-21(18)36-19(13)22(34)35-8-7-14-5-3-2-4-6-14/h2-6,9-12H,7-8H2,1H3,(H,31,32,33). The summed E-state index contributed by atoms with van der Waals surface area (Å²) in [6.45, 7) is 1.70. The second-order valence-electron chi connectivity index (χ2n) is 7.75. The molecule has 0 radical (unpaired) electrons. The number of carbonyl (C=O) groups is 1. The van der Waals surface area contributed by atoms with E-state index >= 15 is 0 Å². The van der Waals surface area contributed by atoms with Crippen LogP contribution in [-0.4, -0.2) is 22.5 Å². The minimum absolute atomic E-state index is 0.0375. The fourth-order valence-electron chi connectivity index (χ4n) is 3.50. The van der Waals surface area contributed by atoms with E-state index in [1.807, 2.05) is 30.3 Å². The van der Waals surface area contributed by atoms with E-state index in [9.17, 15) is 31.1 Å². The number of esters is 1. The number of halogens is 6. The van der Waals surface area contributed by atoms with E-state index < -0.39 is 35.1 Å². The topological polar surface area (TPSA) is 64.1 Å². The zero-order valence-electron chi connectivity index (χ0n) is 18.5. The van der Waals surface area contributed by atoms with Gasteiger partial charge in [0.15, 0.2) is 0 Å².